The maximum atomic E-state index is 11.4. The number of aryl methyl sites for hydroxylation is 2. The van der Waals surface area contributed by atoms with Gasteiger partial charge in [-0.1, -0.05) is 87.3 Å². The second kappa shape index (κ2) is 11.4. The summed E-state index contributed by atoms with van der Waals surface area (Å²) in [6.45, 7) is 7.39. The van der Waals surface area contributed by atoms with E-state index < -0.39 is 0 Å². The zero-order chi connectivity index (χ0) is 23.2. The van der Waals surface area contributed by atoms with E-state index in [-0.39, 0.29) is 0 Å². The molecule has 33 heavy (non-hydrogen) atoms. The predicted octanol–water partition coefficient (Wildman–Crippen LogP) is 8.87. The van der Waals surface area contributed by atoms with E-state index in [4.69, 9.17) is 4.74 Å². The Balaban J connectivity index is 1.70. The lowest BCUT2D eigenvalue weighted by atomic mass is 9.80. The Hall–Kier alpha value is -1.96. The average molecular weight is 449 g/mol. The van der Waals surface area contributed by atoms with Crippen LogP contribution in [0, 0.1) is 13.8 Å². The van der Waals surface area contributed by atoms with Gasteiger partial charge in [-0.05, 0) is 80.0 Å². The van der Waals surface area contributed by atoms with Crippen LogP contribution in [0.15, 0.2) is 24.3 Å². The van der Waals surface area contributed by atoms with Crippen LogP contribution in [-0.4, -0.2) is 11.7 Å². The highest BCUT2D eigenvalue weighted by atomic mass is 16.5. The van der Waals surface area contributed by atoms with E-state index in [2.05, 4.69) is 45.0 Å². The first kappa shape index (κ1) is 24.2. The Morgan fingerprint density at radius 3 is 1.91 bits per heavy atom. The van der Waals surface area contributed by atoms with Gasteiger partial charge in [0.25, 0.3) is 0 Å². The fraction of sp³-hybridized carbons (Fsp3) is 0.613. The molecule has 2 aromatic carbocycles. The molecule has 0 bridgehead atoms. The molecule has 0 amide bonds. The van der Waals surface area contributed by atoms with Crippen LogP contribution in [0.4, 0.5) is 0 Å². The van der Waals surface area contributed by atoms with E-state index in [1.165, 1.54) is 92.0 Å². The number of rotatable bonds is 8. The molecule has 0 radical (unpaired) electrons. The zero-order valence-electron chi connectivity index (χ0n) is 21.2. The van der Waals surface area contributed by atoms with Crippen LogP contribution in [0.2, 0.25) is 0 Å². The summed E-state index contributed by atoms with van der Waals surface area (Å²) >= 11 is 0. The third-order valence-corrected chi connectivity index (χ3v) is 7.92. The van der Waals surface area contributed by atoms with Crippen molar-refractivity contribution in [1.29, 1.82) is 0 Å². The lowest BCUT2D eigenvalue weighted by Crippen LogP contribution is -2.11. The Morgan fingerprint density at radius 1 is 0.758 bits per heavy atom. The predicted molar refractivity (Wildman–Crippen MR) is 139 cm³/mol. The molecule has 2 saturated carbocycles. The van der Waals surface area contributed by atoms with Crippen LogP contribution >= 0.6 is 0 Å². The molecule has 0 heterocycles. The van der Waals surface area contributed by atoms with Gasteiger partial charge in [-0.2, -0.15) is 0 Å². The van der Waals surface area contributed by atoms with Crippen molar-refractivity contribution in [2.75, 3.05) is 6.61 Å². The average Bonchev–Trinajstić information content (AvgIpc) is 2.83. The highest BCUT2D eigenvalue weighted by Gasteiger charge is 2.24. The largest absolute Gasteiger partial charge is 0.507 e. The van der Waals surface area contributed by atoms with Crippen LogP contribution < -0.4 is 4.74 Å². The molecule has 2 aliphatic carbocycles. The van der Waals surface area contributed by atoms with Gasteiger partial charge in [-0.3, -0.25) is 0 Å². The first-order valence-corrected chi connectivity index (χ1v) is 13.7. The van der Waals surface area contributed by atoms with Gasteiger partial charge in [0.15, 0.2) is 0 Å². The summed E-state index contributed by atoms with van der Waals surface area (Å²) in [5.41, 5.74) is 7.49. The molecule has 2 nitrogen and oxygen atoms in total. The first-order valence-electron chi connectivity index (χ1n) is 13.7. The summed E-state index contributed by atoms with van der Waals surface area (Å²) in [6.07, 6.45) is 15.8. The van der Waals surface area contributed by atoms with Gasteiger partial charge in [-0.25, -0.2) is 0 Å². The van der Waals surface area contributed by atoms with Crippen LogP contribution in [0.1, 0.15) is 129 Å². The standard InChI is InChI=1S/C31H44O2/c1-4-5-16-33-31-27(18-23(3)20-29(31)25-14-10-7-11-15-25)21-26-17-22(2)19-28(30(26)32)24-12-8-6-9-13-24/h17-20,24-25,32H,4-16,21H2,1-3H3. The highest BCUT2D eigenvalue weighted by molar-refractivity contribution is 5.52. The monoisotopic (exact) mass is 448 g/mol. The van der Waals surface area contributed by atoms with Gasteiger partial charge in [-0.15, -0.1) is 0 Å². The molecule has 1 N–H and O–H groups in total. The molecule has 0 unspecified atom stereocenters. The Bertz CT molecular complexity index is 917. The topological polar surface area (TPSA) is 29.5 Å². The third-order valence-electron chi connectivity index (χ3n) is 7.92. The molecule has 0 aromatic heterocycles. The molecule has 0 atom stereocenters. The smallest absolute Gasteiger partial charge is 0.126 e. The second-order valence-corrected chi connectivity index (χ2v) is 10.8. The number of phenolic OH excluding ortho intramolecular Hbond substituents is 1. The number of aromatic hydroxyl groups is 1. The Kier molecular flexibility index (Phi) is 8.39. The minimum Gasteiger partial charge on any atom is -0.507 e. The zero-order valence-corrected chi connectivity index (χ0v) is 21.2. The maximum absolute atomic E-state index is 11.4. The molecule has 2 heteroatoms. The lowest BCUT2D eigenvalue weighted by Gasteiger charge is -2.27. The van der Waals surface area contributed by atoms with E-state index in [0.717, 1.165) is 37.2 Å². The molecule has 0 spiro atoms. The van der Waals surface area contributed by atoms with Crippen LogP contribution in [-0.2, 0) is 6.42 Å². The molecule has 0 aliphatic heterocycles. The molecule has 2 aromatic rings. The molecule has 0 saturated heterocycles. The van der Waals surface area contributed by atoms with Crippen molar-refractivity contribution in [1.82, 2.24) is 0 Å². The van der Waals surface area contributed by atoms with Crippen LogP contribution in [0.3, 0.4) is 0 Å². The number of ether oxygens (including phenoxy) is 1. The van der Waals surface area contributed by atoms with Crippen molar-refractivity contribution in [3.05, 3.63) is 57.6 Å². The molecular weight excluding hydrogens is 404 g/mol. The summed E-state index contributed by atoms with van der Waals surface area (Å²) in [5, 5.41) is 11.4. The van der Waals surface area contributed by atoms with Crippen molar-refractivity contribution in [3.8, 4) is 11.5 Å². The molecule has 2 fully saturated rings. The maximum Gasteiger partial charge on any atom is 0.126 e. The lowest BCUT2D eigenvalue weighted by molar-refractivity contribution is 0.298. The van der Waals surface area contributed by atoms with Crippen LogP contribution in [0.5, 0.6) is 11.5 Å². The second-order valence-electron chi connectivity index (χ2n) is 10.8. The number of phenols is 1. The third kappa shape index (κ3) is 5.94. The van der Waals surface area contributed by atoms with Gasteiger partial charge in [0.05, 0.1) is 6.61 Å². The number of hydrogen-bond acceptors (Lipinski definition) is 2. The van der Waals surface area contributed by atoms with E-state index in [0.29, 0.717) is 17.6 Å². The van der Waals surface area contributed by atoms with Gasteiger partial charge in [0, 0.05) is 6.42 Å². The first-order chi connectivity index (χ1) is 16.1. The normalized spacial score (nSPS) is 17.9. The number of unbranched alkanes of at least 4 members (excludes halogenated alkanes) is 1. The summed E-state index contributed by atoms with van der Waals surface area (Å²) in [5.74, 6) is 2.76. The Labute approximate surface area is 201 Å². The summed E-state index contributed by atoms with van der Waals surface area (Å²) in [7, 11) is 0. The van der Waals surface area contributed by atoms with E-state index in [1.807, 2.05) is 0 Å². The molecule has 4 rings (SSSR count). The van der Waals surface area contributed by atoms with Crippen molar-refractivity contribution < 1.29 is 9.84 Å². The van der Waals surface area contributed by atoms with Crippen molar-refractivity contribution in [3.63, 3.8) is 0 Å². The van der Waals surface area contributed by atoms with Crippen molar-refractivity contribution >= 4 is 0 Å². The molecule has 180 valence electrons. The fourth-order valence-corrected chi connectivity index (χ4v) is 6.17. The quantitative estimate of drug-likeness (QED) is 0.409. The van der Waals surface area contributed by atoms with Gasteiger partial charge in [0.1, 0.15) is 11.5 Å². The summed E-state index contributed by atoms with van der Waals surface area (Å²) in [4.78, 5) is 0. The van der Waals surface area contributed by atoms with Gasteiger partial charge in [0.2, 0.25) is 0 Å². The van der Waals surface area contributed by atoms with E-state index in [1.54, 1.807) is 0 Å². The minimum absolute atomic E-state index is 0.507. The SMILES string of the molecule is CCCCOc1c(Cc2cc(C)cc(C3CCCCC3)c2O)cc(C)cc1C1CCCCC1. The van der Waals surface area contributed by atoms with Gasteiger partial charge < -0.3 is 9.84 Å². The minimum atomic E-state index is 0.507. The molecule has 2 aliphatic rings. The highest BCUT2D eigenvalue weighted by Crippen LogP contribution is 2.43. The number of benzene rings is 2. The molecular formula is C31H44O2. The summed E-state index contributed by atoms with van der Waals surface area (Å²) < 4.78 is 6.52. The van der Waals surface area contributed by atoms with Crippen molar-refractivity contribution in [2.45, 2.75) is 116 Å². The van der Waals surface area contributed by atoms with E-state index >= 15 is 0 Å². The fourth-order valence-electron chi connectivity index (χ4n) is 6.17. The Morgan fingerprint density at radius 2 is 1.30 bits per heavy atom. The summed E-state index contributed by atoms with van der Waals surface area (Å²) in [6, 6.07) is 9.11. The van der Waals surface area contributed by atoms with Crippen molar-refractivity contribution in [2.24, 2.45) is 0 Å². The van der Waals surface area contributed by atoms with E-state index in [9.17, 15) is 5.11 Å². The van der Waals surface area contributed by atoms with Gasteiger partial charge >= 0.3 is 0 Å². The van der Waals surface area contributed by atoms with Crippen LogP contribution in [0.25, 0.3) is 0 Å². The number of hydrogen-bond donors (Lipinski definition) is 1.